The Bertz CT molecular complexity index is 1150. The van der Waals surface area contributed by atoms with Crippen LogP contribution in [0.25, 0.3) is 32.9 Å². The highest BCUT2D eigenvalue weighted by Gasteiger charge is 2.14. The van der Waals surface area contributed by atoms with E-state index < -0.39 is 5.97 Å². The van der Waals surface area contributed by atoms with Gasteiger partial charge in [-0.05, 0) is 29.7 Å². The van der Waals surface area contributed by atoms with Crippen LogP contribution in [0, 0.1) is 0 Å². The molecule has 7 heteroatoms. The van der Waals surface area contributed by atoms with Crippen molar-refractivity contribution in [1.29, 1.82) is 0 Å². The van der Waals surface area contributed by atoms with Gasteiger partial charge < -0.3 is 21.6 Å². The highest BCUT2D eigenvalue weighted by atomic mass is 16.4. The lowest BCUT2D eigenvalue weighted by atomic mass is 9.97. The molecule has 2 aromatic heterocycles. The Kier molecular flexibility index (Phi) is 3.69. The fourth-order valence-corrected chi connectivity index (χ4v) is 3.27. The van der Waals surface area contributed by atoms with Gasteiger partial charge in [0.15, 0.2) is 5.95 Å². The second-order valence-electron chi connectivity index (χ2n) is 6.16. The number of rotatable bonds is 4. The number of carboxylic acids is 1. The lowest BCUT2D eigenvalue weighted by Crippen LogP contribution is -2.01. The van der Waals surface area contributed by atoms with E-state index in [0.717, 1.165) is 38.5 Å². The van der Waals surface area contributed by atoms with E-state index in [1.165, 1.54) is 0 Å². The van der Waals surface area contributed by atoms with Gasteiger partial charge in [0.25, 0.3) is 0 Å². The third kappa shape index (κ3) is 2.69. The fraction of sp³-hybridized carbons (Fsp3) is 0.105. The number of aromatic nitrogens is 3. The Morgan fingerprint density at radius 3 is 2.85 bits per heavy atom. The molecule has 0 unspecified atom stereocenters. The number of benzene rings is 2. The quantitative estimate of drug-likeness (QED) is 0.449. The van der Waals surface area contributed by atoms with Crippen LogP contribution >= 0.6 is 0 Å². The van der Waals surface area contributed by atoms with Gasteiger partial charge in [0.05, 0.1) is 11.0 Å². The van der Waals surface area contributed by atoms with Crippen molar-refractivity contribution in [2.75, 3.05) is 11.5 Å². The number of hydrogen-bond acceptors (Lipinski definition) is 5. The SMILES string of the molecule is Nc1nc(N)c2c(cc(-c3cccc(CCC(=O)O)c3)c3nccc32)[nH]1. The predicted octanol–water partition coefficient (Wildman–Crippen LogP) is 2.96. The highest BCUT2D eigenvalue weighted by Crippen LogP contribution is 2.36. The number of carboxylic acid groups (broad SMARTS) is 1. The normalized spacial score (nSPS) is 11.2. The number of aromatic amines is 1. The van der Waals surface area contributed by atoms with Gasteiger partial charge in [0.1, 0.15) is 5.82 Å². The van der Waals surface area contributed by atoms with E-state index in [2.05, 4.69) is 15.0 Å². The van der Waals surface area contributed by atoms with Gasteiger partial charge in [-0.1, -0.05) is 24.3 Å². The summed E-state index contributed by atoms with van der Waals surface area (Å²) >= 11 is 0. The molecule has 0 radical (unpaired) electrons. The second kappa shape index (κ2) is 6.03. The average Bonchev–Trinajstić information content (AvgIpc) is 3.08. The van der Waals surface area contributed by atoms with E-state index in [1.807, 2.05) is 36.4 Å². The van der Waals surface area contributed by atoms with Crippen molar-refractivity contribution in [3.05, 3.63) is 48.2 Å². The molecular formula is C19H17N5O2. The Morgan fingerprint density at radius 1 is 1.19 bits per heavy atom. The molecule has 4 rings (SSSR count). The van der Waals surface area contributed by atoms with Crippen molar-refractivity contribution >= 4 is 39.5 Å². The van der Waals surface area contributed by atoms with E-state index in [9.17, 15) is 4.79 Å². The molecule has 2 heterocycles. The van der Waals surface area contributed by atoms with Gasteiger partial charge in [0, 0.05) is 29.0 Å². The number of hydrogen-bond donors (Lipinski definition) is 4. The molecule has 26 heavy (non-hydrogen) atoms. The standard InChI is InChI=1S/C19H17N5O2/c20-18-16-12-6-7-22-17(12)13(9-14(16)23-19(21)24-18)11-3-1-2-10(8-11)4-5-15(25)26/h1-3,6-9H,4-5,20H2,(H,25,26)(H3,21,23,24). The van der Waals surface area contributed by atoms with E-state index in [-0.39, 0.29) is 12.4 Å². The van der Waals surface area contributed by atoms with Crippen LogP contribution in [-0.4, -0.2) is 26.0 Å². The van der Waals surface area contributed by atoms with Crippen molar-refractivity contribution in [2.45, 2.75) is 12.8 Å². The molecule has 0 spiro atoms. The van der Waals surface area contributed by atoms with Gasteiger partial charge in [-0.15, -0.1) is 0 Å². The monoisotopic (exact) mass is 347 g/mol. The van der Waals surface area contributed by atoms with Crippen molar-refractivity contribution in [3.8, 4) is 11.1 Å². The maximum Gasteiger partial charge on any atom is 0.303 e. The summed E-state index contributed by atoms with van der Waals surface area (Å²) in [6.45, 7) is 0. The summed E-state index contributed by atoms with van der Waals surface area (Å²) in [6.07, 6.45) is 2.31. The molecular weight excluding hydrogens is 330 g/mol. The lowest BCUT2D eigenvalue weighted by molar-refractivity contribution is -0.136. The molecule has 0 aliphatic rings. The minimum Gasteiger partial charge on any atom is -0.481 e. The zero-order valence-corrected chi connectivity index (χ0v) is 13.9. The van der Waals surface area contributed by atoms with E-state index in [1.54, 1.807) is 6.20 Å². The van der Waals surface area contributed by atoms with Crippen LogP contribution in [0.1, 0.15) is 12.0 Å². The summed E-state index contributed by atoms with van der Waals surface area (Å²) in [4.78, 5) is 22.5. The summed E-state index contributed by atoms with van der Waals surface area (Å²) in [5.41, 5.74) is 16.3. The second-order valence-corrected chi connectivity index (χ2v) is 6.16. The maximum atomic E-state index is 10.8. The number of aliphatic carboxylic acids is 1. The highest BCUT2D eigenvalue weighted by molar-refractivity contribution is 6.15. The number of nitrogens with one attached hydrogen (secondary N) is 1. The first kappa shape index (κ1) is 15.9. The topological polar surface area (TPSA) is 131 Å². The Labute approximate surface area is 148 Å². The molecule has 0 aliphatic heterocycles. The van der Waals surface area contributed by atoms with Crippen LogP contribution in [0.2, 0.25) is 0 Å². The minimum absolute atomic E-state index is 0.0950. The van der Waals surface area contributed by atoms with Crippen LogP contribution in [0.3, 0.4) is 0 Å². The van der Waals surface area contributed by atoms with Crippen molar-refractivity contribution < 1.29 is 9.90 Å². The van der Waals surface area contributed by atoms with Crippen LogP contribution < -0.4 is 11.5 Å². The van der Waals surface area contributed by atoms with Crippen LogP contribution in [0.4, 0.5) is 11.8 Å². The third-order valence-corrected chi connectivity index (χ3v) is 4.41. The smallest absolute Gasteiger partial charge is 0.303 e. The van der Waals surface area contributed by atoms with Gasteiger partial charge in [-0.2, -0.15) is 4.98 Å². The summed E-state index contributed by atoms with van der Waals surface area (Å²) < 4.78 is 0. The average molecular weight is 347 g/mol. The molecule has 0 saturated carbocycles. The molecule has 0 atom stereocenters. The minimum atomic E-state index is -0.811. The van der Waals surface area contributed by atoms with Gasteiger partial charge in [0.2, 0.25) is 0 Å². The maximum absolute atomic E-state index is 10.8. The summed E-state index contributed by atoms with van der Waals surface area (Å²) in [6, 6.07) is 11.7. The van der Waals surface area contributed by atoms with Crippen molar-refractivity contribution in [2.24, 2.45) is 0 Å². The number of carbonyl (C=O) groups is 1. The van der Waals surface area contributed by atoms with E-state index >= 15 is 0 Å². The summed E-state index contributed by atoms with van der Waals surface area (Å²) in [7, 11) is 0. The third-order valence-electron chi connectivity index (χ3n) is 4.41. The molecule has 0 bridgehead atoms. The van der Waals surface area contributed by atoms with Crippen LogP contribution in [-0.2, 0) is 11.2 Å². The lowest BCUT2D eigenvalue weighted by Gasteiger charge is -2.11. The molecule has 0 saturated heterocycles. The number of H-pyrrole nitrogens is 1. The van der Waals surface area contributed by atoms with Crippen molar-refractivity contribution in [1.82, 2.24) is 15.0 Å². The molecule has 6 N–H and O–H groups in total. The number of anilines is 2. The fourth-order valence-electron chi connectivity index (χ4n) is 3.27. The summed E-state index contributed by atoms with van der Waals surface area (Å²) in [5.74, 6) is -0.208. The van der Waals surface area contributed by atoms with Crippen LogP contribution in [0.15, 0.2) is 42.6 Å². The molecule has 0 fully saturated rings. The predicted molar refractivity (Wildman–Crippen MR) is 102 cm³/mol. The number of nitrogens with zero attached hydrogens (tertiary/aromatic N) is 2. The van der Waals surface area contributed by atoms with Gasteiger partial charge in [-0.3, -0.25) is 9.78 Å². The zero-order chi connectivity index (χ0) is 18.3. The molecule has 0 aliphatic carbocycles. The largest absolute Gasteiger partial charge is 0.481 e. The number of nitrogen functional groups attached to an aromatic ring is 2. The van der Waals surface area contributed by atoms with Crippen LogP contribution in [0.5, 0.6) is 0 Å². The summed E-state index contributed by atoms with van der Waals surface area (Å²) in [5, 5.41) is 10.6. The Balaban J connectivity index is 1.92. The first-order valence-corrected chi connectivity index (χ1v) is 8.16. The first-order valence-electron chi connectivity index (χ1n) is 8.16. The molecule has 4 aromatic rings. The molecule has 7 nitrogen and oxygen atoms in total. The van der Waals surface area contributed by atoms with E-state index in [0.29, 0.717) is 12.2 Å². The molecule has 130 valence electrons. The Morgan fingerprint density at radius 2 is 2.04 bits per heavy atom. The molecule has 2 aromatic carbocycles. The van der Waals surface area contributed by atoms with E-state index in [4.69, 9.17) is 16.6 Å². The van der Waals surface area contributed by atoms with Crippen molar-refractivity contribution in [3.63, 3.8) is 0 Å². The number of nitrogens with two attached hydrogens (primary N) is 2. The zero-order valence-electron chi connectivity index (χ0n) is 13.9. The van der Waals surface area contributed by atoms with Gasteiger partial charge >= 0.3 is 5.97 Å². The number of fused-ring (bicyclic) bond motifs is 3. The first-order chi connectivity index (χ1) is 12.5. The Hall–Kier alpha value is -3.61. The van der Waals surface area contributed by atoms with Gasteiger partial charge in [-0.25, -0.2) is 0 Å². The molecule has 0 amide bonds. The number of aryl methyl sites for hydroxylation is 1.